The maximum atomic E-state index is 6.11. The Morgan fingerprint density at radius 3 is 2.47 bits per heavy atom. The Kier molecular flexibility index (Phi) is 5.83. The second-order valence-electron chi connectivity index (χ2n) is 4.84. The first-order valence-electron chi connectivity index (χ1n) is 5.75. The molecule has 0 saturated heterocycles. The Labute approximate surface area is 117 Å². The molecule has 0 aliphatic rings. The van der Waals surface area contributed by atoms with Crippen molar-refractivity contribution < 1.29 is 0 Å². The van der Waals surface area contributed by atoms with Crippen LogP contribution in [0.15, 0.2) is 4.47 Å². The average molecular weight is 321 g/mol. The van der Waals surface area contributed by atoms with E-state index in [0.29, 0.717) is 11.1 Å². The van der Waals surface area contributed by atoms with Gasteiger partial charge in [0, 0.05) is 13.0 Å². The molecule has 0 spiro atoms. The van der Waals surface area contributed by atoms with Crippen LogP contribution in [-0.4, -0.2) is 35.5 Å². The molecule has 0 aliphatic carbocycles. The molecular formula is C12H19BrClN3. The van der Waals surface area contributed by atoms with Crippen molar-refractivity contribution in [3.8, 4) is 0 Å². The zero-order valence-corrected chi connectivity index (χ0v) is 13.1. The number of nitrogens with zero attached hydrogens (tertiary/aromatic N) is 3. The molecule has 0 amide bonds. The maximum absolute atomic E-state index is 6.11. The molecule has 5 heteroatoms. The van der Waals surface area contributed by atoms with E-state index >= 15 is 0 Å². The van der Waals surface area contributed by atoms with Crippen molar-refractivity contribution in [1.29, 1.82) is 0 Å². The Morgan fingerprint density at radius 1 is 1.29 bits per heavy atom. The molecule has 0 atom stereocenters. The van der Waals surface area contributed by atoms with E-state index in [1.807, 2.05) is 14.1 Å². The summed E-state index contributed by atoms with van der Waals surface area (Å²) in [7, 11) is 4.07. The first-order valence-corrected chi connectivity index (χ1v) is 6.92. The highest BCUT2D eigenvalue weighted by Crippen LogP contribution is 2.25. The summed E-state index contributed by atoms with van der Waals surface area (Å²) in [5.41, 5.74) is 1.01. The highest BCUT2D eigenvalue weighted by atomic mass is 79.9. The minimum absolute atomic E-state index is 0.518. The van der Waals surface area contributed by atoms with Crippen LogP contribution in [0.25, 0.3) is 0 Å². The SMILES string of the molecule is CC(C)Cc1nc(CCN(C)C)nc(Cl)c1Br. The molecule has 3 nitrogen and oxygen atoms in total. The average Bonchev–Trinajstić information content (AvgIpc) is 2.21. The van der Waals surface area contributed by atoms with Crippen LogP contribution in [0.3, 0.4) is 0 Å². The van der Waals surface area contributed by atoms with E-state index in [1.54, 1.807) is 0 Å². The Balaban J connectivity index is 2.89. The van der Waals surface area contributed by atoms with Crippen LogP contribution in [-0.2, 0) is 12.8 Å². The molecule has 1 aromatic heterocycles. The van der Waals surface area contributed by atoms with Gasteiger partial charge in [0.1, 0.15) is 11.0 Å². The molecule has 96 valence electrons. The van der Waals surface area contributed by atoms with E-state index in [4.69, 9.17) is 11.6 Å². The Morgan fingerprint density at radius 2 is 1.94 bits per heavy atom. The number of halogens is 2. The lowest BCUT2D eigenvalue weighted by molar-refractivity contribution is 0.409. The van der Waals surface area contributed by atoms with Crippen molar-refractivity contribution in [1.82, 2.24) is 14.9 Å². The first-order chi connectivity index (χ1) is 7.90. The van der Waals surface area contributed by atoms with E-state index in [1.165, 1.54) is 0 Å². The van der Waals surface area contributed by atoms with Gasteiger partial charge in [0.25, 0.3) is 0 Å². The fourth-order valence-corrected chi connectivity index (χ4v) is 2.01. The highest BCUT2D eigenvalue weighted by Gasteiger charge is 2.12. The quantitative estimate of drug-likeness (QED) is 0.780. The van der Waals surface area contributed by atoms with Crippen molar-refractivity contribution >= 4 is 27.5 Å². The predicted molar refractivity (Wildman–Crippen MR) is 75.5 cm³/mol. The normalized spacial score (nSPS) is 11.5. The van der Waals surface area contributed by atoms with Crippen LogP contribution < -0.4 is 0 Å². The fourth-order valence-electron chi connectivity index (χ4n) is 1.47. The van der Waals surface area contributed by atoms with E-state index in [9.17, 15) is 0 Å². The largest absolute Gasteiger partial charge is 0.309 e. The fraction of sp³-hybridized carbons (Fsp3) is 0.667. The third-order valence-electron chi connectivity index (χ3n) is 2.31. The molecule has 1 aromatic rings. The van der Waals surface area contributed by atoms with Gasteiger partial charge in [-0.15, -0.1) is 0 Å². The minimum Gasteiger partial charge on any atom is -0.309 e. The van der Waals surface area contributed by atoms with E-state index in [2.05, 4.69) is 44.6 Å². The summed E-state index contributed by atoms with van der Waals surface area (Å²) in [6.07, 6.45) is 1.74. The molecule has 0 unspecified atom stereocenters. The molecule has 0 radical (unpaired) electrons. The van der Waals surface area contributed by atoms with Gasteiger partial charge in [-0.3, -0.25) is 0 Å². The summed E-state index contributed by atoms with van der Waals surface area (Å²) in [5.74, 6) is 1.38. The smallest absolute Gasteiger partial charge is 0.147 e. The van der Waals surface area contributed by atoms with Crippen LogP contribution in [0.2, 0.25) is 5.15 Å². The predicted octanol–water partition coefficient (Wildman–Crippen LogP) is 3.20. The summed E-state index contributed by atoms with van der Waals surface area (Å²) in [6, 6.07) is 0. The molecule has 0 N–H and O–H groups in total. The van der Waals surface area contributed by atoms with Crippen LogP contribution in [0.4, 0.5) is 0 Å². The van der Waals surface area contributed by atoms with Crippen molar-refractivity contribution in [2.75, 3.05) is 20.6 Å². The summed E-state index contributed by atoms with van der Waals surface area (Å²) >= 11 is 9.56. The Bertz CT molecular complexity index is 380. The van der Waals surface area contributed by atoms with Crippen LogP contribution >= 0.6 is 27.5 Å². The molecule has 1 heterocycles. The van der Waals surface area contributed by atoms with Gasteiger partial charge in [0.15, 0.2) is 0 Å². The lowest BCUT2D eigenvalue weighted by Gasteiger charge is -2.12. The van der Waals surface area contributed by atoms with Gasteiger partial charge in [-0.05, 0) is 42.4 Å². The van der Waals surface area contributed by atoms with Gasteiger partial charge in [0.2, 0.25) is 0 Å². The van der Waals surface area contributed by atoms with Gasteiger partial charge >= 0.3 is 0 Å². The zero-order valence-electron chi connectivity index (χ0n) is 10.8. The Hall–Kier alpha value is -0.190. The number of hydrogen-bond donors (Lipinski definition) is 0. The molecule has 1 rings (SSSR count). The number of hydrogen-bond acceptors (Lipinski definition) is 3. The van der Waals surface area contributed by atoms with Gasteiger partial charge < -0.3 is 4.90 Å². The van der Waals surface area contributed by atoms with Crippen molar-refractivity contribution in [3.05, 3.63) is 21.1 Å². The summed E-state index contributed by atoms with van der Waals surface area (Å²) in [4.78, 5) is 11.0. The molecule has 0 aromatic carbocycles. The zero-order chi connectivity index (χ0) is 13.0. The van der Waals surface area contributed by atoms with E-state index in [-0.39, 0.29) is 0 Å². The van der Waals surface area contributed by atoms with Crippen LogP contribution in [0, 0.1) is 5.92 Å². The van der Waals surface area contributed by atoms with Crippen molar-refractivity contribution in [3.63, 3.8) is 0 Å². The van der Waals surface area contributed by atoms with Crippen LogP contribution in [0.1, 0.15) is 25.4 Å². The second kappa shape index (κ2) is 6.66. The topological polar surface area (TPSA) is 29.0 Å². The van der Waals surface area contributed by atoms with Crippen molar-refractivity contribution in [2.45, 2.75) is 26.7 Å². The van der Waals surface area contributed by atoms with E-state index < -0.39 is 0 Å². The van der Waals surface area contributed by atoms with Crippen LogP contribution in [0.5, 0.6) is 0 Å². The highest BCUT2D eigenvalue weighted by molar-refractivity contribution is 9.10. The van der Waals surface area contributed by atoms with Gasteiger partial charge in [-0.2, -0.15) is 0 Å². The molecule has 0 aliphatic heterocycles. The summed E-state index contributed by atoms with van der Waals surface area (Å²) in [5, 5.41) is 0.518. The second-order valence-corrected chi connectivity index (χ2v) is 5.99. The maximum Gasteiger partial charge on any atom is 0.147 e. The van der Waals surface area contributed by atoms with Gasteiger partial charge in [0.05, 0.1) is 10.2 Å². The molecular weight excluding hydrogens is 302 g/mol. The molecule has 0 fully saturated rings. The molecule has 0 saturated carbocycles. The van der Waals surface area contributed by atoms with Gasteiger partial charge in [-0.25, -0.2) is 9.97 Å². The van der Waals surface area contributed by atoms with Crippen molar-refractivity contribution in [2.24, 2.45) is 5.92 Å². The standard InChI is InChI=1S/C12H19BrClN3/c1-8(2)7-9-11(13)12(14)16-10(15-9)5-6-17(3)4/h8H,5-7H2,1-4H3. The molecule has 17 heavy (non-hydrogen) atoms. The lowest BCUT2D eigenvalue weighted by atomic mass is 10.1. The third kappa shape index (κ3) is 4.90. The van der Waals surface area contributed by atoms with E-state index in [0.717, 1.165) is 35.4 Å². The summed E-state index contributed by atoms with van der Waals surface area (Å²) in [6.45, 7) is 5.27. The number of aromatic nitrogens is 2. The minimum atomic E-state index is 0.518. The first kappa shape index (κ1) is 14.9. The van der Waals surface area contributed by atoms with Gasteiger partial charge in [-0.1, -0.05) is 25.4 Å². The number of rotatable bonds is 5. The lowest BCUT2D eigenvalue weighted by Crippen LogP contribution is -2.17. The third-order valence-corrected chi connectivity index (χ3v) is 3.64. The summed E-state index contributed by atoms with van der Waals surface area (Å²) < 4.78 is 0.835. The molecule has 0 bridgehead atoms. The number of likely N-dealkylation sites (N-methyl/N-ethyl adjacent to an activating group) is 1. The monoisotopic (exact) mass is 319 g/mol.